The number of anilines is 1. The first-order valence-corrected chi connectivity index (χ1v) is 5.52. The minimum Gasteiger partial charge on any atom is -0.366 e. The third kappa shape index (κ3) is 2.48. The van der Waals surface area contributed by atoms with E-state index in [9.17, 15) is 13.2 Å². The Hall–Kier alpha value is -1.96. The number of hydrogen-bond donors (Lipinski definition) is 0. The molecule has 0 atom stereocenters. The van der Waals surface area contributed by atoms with Crippen LogP contribution in [0.4, 0.5) is 18.9 Å². The summed E-state index contributed by atoms with van der Waals surface area (Å²) >= 11 is 0. The third-order valence-electron chi connectivity index (χ3n) is 2.94. The summed E-state index contributed by atoms with van der Waals surface area (Å²) in [6.45, 7) is 0.470. The standard InChI is InChI=1S/C13H11F3N2/c14-13(15,16)11-5-7-18(8-6-11)12-4-2-1-3-10(12)9-17/h1-5H,6-8H2. The summed E-state index contributed by atoms with van der Waals surface area (Å²) in [5, 5.41) is 8.96. The van der Waals surface area contributed by atoms with Crippen LogP contribution < -0.4 is 4.90 Å². The van der Waals surface area contributed by atoms with Gasteiger partial charge in [-0.3, -0.25) is 0 Å². The highest BCUT2D eigenvalue weighted by Gasteiger charge is 2.34. The van der Waals surface area contributed by atoms with Crippen molar-refractivity contribution in [3.05, 3.63) is 41.5 Å². The van der Waals surface area contributed by atoms with Crippen LogP contribution in [0.15, 0.2) is 35.9 Å². The fourth-order valence-electron chi connectivity index (χ4n) is 1.99. The van der Waals surface area contributed by atoms with Crippen LogP contribution in [0.1, 0.15) is 12.0 Å². The topological polar surface area (TPSA) is 27.0 Å². The van der Waals surface area contributed by atoms with E-state index < -0.39 is 11.7 Å². The molecule has 18 heavy (non-hydrogen) atoms. The van der Waals surface area contributed by atoms with Gasteiger partial charge in [0.15, 0.2) is 0 Å². The van der Waals surface area contributed by atoms with Crippen molar-refractivity contribution in [1.82, 2.24) is 0 Å². The van der Waals surface area contributed by atoms with Crippen molar-refractivity contribution < 1.29 is 13.2 Å². The van der Waals surface area contributed by atoms with Crippen LogP contribution in [0, 0.1) is 11.3 Å². The molecule has 5 heteroatoms. The molecule has 0 aromatic heterocycles. The van der Waals surface area contributed by atoms with Gasteiger partial charge in [-0.1, -0.05) is 18.2 Å². The van der Waals surface area contributed by atoms with Gasteiger partial charge in [-0.25, -0.2) is 0 Å². The largest absolute Gasteiger partial charge is 0.412 e. The van der Waals surface area contributed by atoms with E-state index in [0.29, 0.717) is 11.3 Å². The van der Waals surface area contributed by atoms with Crippen molar-refractivity contribution in [2.45, 2.75) is 12.6 Å². The number of rotatable bonds is 1. The van der Waals surface area contributed by atoms with Crippen LogP contribution in [-0.4, -0.2) is 19.3 Å². The zero-order valence-electron chi connectivity index (χ0n) is 9.54. The highest BCUT2D eigenvalue weighted by Crippen LogP contribution is 2.32. The Morgan fingerprint density at radius 3 is 2.50 bits per heavy atom. The molecule has 0 amide bonds. The minimum atomic E-state index is -4.24. The normalized spacial score (nSPS) is 16.1. The maximum absolute atomic E-state index is 12.5. The van der Waals surface area contributed by atoms with E-state index in [1.54, 1.807) is 29.2 Å². The highest BCUT2D eigenvalue weighted by atomic mass is 19.4. The van der Waals surface area contributed by atoms with Gasteiger partial charge >= 0.3 is 6.18 Å². The Kier molecular flexibility index (Phi) is 3.28. The molecule has 1 aliphatic heterocycles. The van der Waals surface area contributed by atoms with Gasteiger partial charge in [0, 0.05) is 18.7 Å². The predicted octanol–water partition coefficient (Wildman–Crippen LogP) is 3.26. The maximum Gasteiger partial charge on any atom is 0.412 e. The molecule has 0 radical (unpaired) electrons. The van der Waals surface area contributed by atoms with Gasteiger partial charge in [0.25, 0.3) is 0 Å². The number of hydrogen-bond acceptors (Lipinski definition) is 2. The van der Waals surface area contributed by atoms with Crippen LogP contribution in [0.2, 0.25) is 0 Å². The molecule has 1 aromatic rings. The smallest absolute Gasteiger partial charge is 0.366 e. The van der Waals surface area contributed by atoms with Crippen LogP contribution in [-0.2, 0) is 0 Å². The number of alkyl halides is 3. The number of benzene rings is 1. The first-order chi connectivity index (χ1) is 8.52. The lowest BCUT2D eigenvalue weighted by Gasteiger charge is -2.29. The predicted molar refractivity (Wildman–Crippen MR) is 62.1 cm³/mol. The lowest BCUT2D eigenvalue weighted by molar-refractivity contribution is -0.0943. The van der Waals surface area contributed by atoms with Gasteiger partial charge < -0.3 is 4.90 Å². The summed E-state index contributed by atoms with van der Waals surface area (Å²) in [6.07, 6.45) is -3.08. The zero-order valence-corrected chi connectivity index (χ0v) is 9.54. The van der Waals surface area contributed by atoms with E-state index in [4.69, 9.17) is 5.26 Å². The Bertz CT molecular complexity index is 512. The third-order valence-corrected chi connectivity index (χ3v) is 2.94. The summed E-state index contributed by atoms with van der Waals surface area (Å²) < 4.78 is 37.4. The van der Waals surface area contributed by atoms with Crippen LogP contribution in [0.25, 0.3) is 0 Å². The fraction of sp³-hybridized carbons (Fsp3) is 0.308. The van der Waals surface area contributed by atoms with Crippen LogP contribution >= 0.6 is 0 Å². The second-order valence-corrected chi connectivity index (χ2v) is 4.05. The number of para-hydroxylation sites is 1. The van der Waals surface area contributed by atoms with Gasteiger partial charge in [0.05, 0.1) is 11.3 Å². The molecule has 0 unspecified atom stereocenters. The number of nitrogens with zero attached hydrogens (tertiary/aromatic N) is 2. The van der Waals surface area contributed by atoms with E-state index >= 15 is 0 Å². The first-order valence-electron chi connectivity index (χ1n) is 5.52. The summed E-state index contributed by atoms with van der Waals surface area (Å²) in [7, 11) is 0. The van der Waals surface area contributed by atoms with Crippen molar-refractivity contribution in [2.24, 2.45) is 0 Å². The molecule has 2 rings (SSSR count). The SMILES string of the molecule is N#Cc1ccccc1N1CC=C(C(F)(F)F)CC1. The second-order valence-electron chi connectivity index (χ2n) is 4.05. The zero-order chi connectivity index (χ0) is 13.2. The average molecular weight is 252 g/mol. The van der Waals surface area contributed by atoms with Crippen molar-refractivity contribution in [1.29, 1.82) is 5.26 Å². The van der Waals surface area contributed by atoms with Crippen molar-refractivity contribution in [3.8, 4) is 6.07 Å². The molecule has 94 valence electrons. The summed E-state index contributed by atoms with van der Waals surface area (Å²) in [5.74, 6) is 0. The van der Waals surface area contributed by atoms with Crippen LogP contribution in [0.5, 0.6) is 0 Å². The van der Waals surface area contributed by atoms with Gasteiger partial charge in [0.2, 0.25) is 0 Å². The molecule has 0 saturated carbocycles. The van der Waals surface area contributed by atoms with E-state index in [1.165, 1.54) is 6.08 Å². The van der Waals surface area contributed by atoms with Crippen molar-refractivity contribution in [2.75, 3.05) is 18.0 Å². The summed E-state index contributed by atoms with van der Waals surface area (Å²) in [4.78, 5) is 1.79. The maximum atomic E-state index is 12.5. The monoisotopic (exact) mass is 252 g/mol. The number of halogens is 3. The Labute approximate surface area is 103 Å². The molecular formula is C13H11F3N2. The van der Waals surface area contributed by atoms with Crippen molar-refractivity contribution >= 4 is 5.69 Å². The van der Waals surface area contributed by atoms with Gasteiger partial charge in [-0.2, -0.15) is 18.4 Å². The van der Waals surface area contributed by atoms with Gasteiger partial charge in [-0.15, -0.1) is 0 Å². The molecular weight excluding hydrogens is 241 g/mol. The highest BCUT2D eigenvalue weighted by molar-refractivity contribution is 5.60. The molecule has 0 saturated heterocycles. The van der Waals surface area contributed by atoms with Gasteiger partial charge in [-0.05, 0) is 18.6 Å². The fourth-order valence-corrected chi connectivity index (χ4v) is 1.99. The van der Waals surface area contributed by atoms with E-state index in [2.05, 4.69) is 0 Å². The van der Waals surface area contributed by atoms with E-state index in [1.807, 2.05) is 6.07 Å². The Balaban J connectivity index is 2.20. The summed E-state index contributed by atoms with van der Waals surface area (Å²) in [6, 6.07) is 8.99. The Morgan fingerprint density at radius 2 is 1.94 bits per heavy atom. The van der Waals surface area contributed by atoms with E-state index in [-0.39, 0.29) is 19.5 Å². The molecule has 2 nitrogen and oxygen atoms in total. The second kappa shape index (κ2) is 4.73. The molecule has 0 fully saturated rings. The molecule has 0 spiro atoms. The minimum absolute atomic E-state index is 0.0384. The molecule has 0 aliphatic carbocycles. The van der Waals surface area contributed by atoms with Crippen LogP contribution in [0.3, 0.4) is 0 Å². The lowest BCUT2D eigenvalue weighted by atomic mass is 10.1. The average Bonchev–Trinajstić information content (AvgIpc) is 2.38. The molecule has 1 aliphatic rings. The molecule has 0 N–H and O–H groups in total. The number of nitriles is 1. The van der Waals surface area contributed by atoms with Gasteiger partial charge in [0.1, 0.15) is 6.07 Å². The molecule has 1 aromatic carbocycles. The Morgan fingerprint density at radius 1 is 1.22 bits per heavy atom. The first kappa shape index (κ1) is 12.5. The summed E-state index contributed by atoms with van der Waals surface area (Å²) in [5.41, 5.74) is 0.701. The quantitative estimate of drug-likeness (QED) is 0.717. The lowest BCUT2D eigenvalue weighted by Crippen LogP contribution is -2.32. The molecule has 0 bridgehead atoms. The molecule has 1 heterocycles. The van der Waals surface area contributed by atoms with Crippen molar-refractivity contribution in [3.63, 3.8) is 0 Å². The van der Waals surface area contributed by atoms with E-state index in [0.717, 1.165) is 0 Å².